The molecule has 4 aromatic rings. The van der Waals surface area contributed by atoms with Crippen LogP contribution in [0.1, 0.15) is 27.0 Å². The van der Waals surface area contributed by atoms with Gasteiger partial charge in [-0.2, -0.15) is 0 Å². The predicted octanol–water partition coefficient (Wildman–Crippen LogP) is 5.38. The average molecular weight is 528 g/mol. The van der Waals surface area contributed by atoms with Crippen molar-refractivity contribution < 1.29 is 14.0 Å². The lowest BCUT2D eigenvalue weighted by atomic mass is 10.00. The largest absolute Gasteiger partial charge is 0.333 e. The molecule has 1 atom stereocenters. The van der Waals surface area contributed by atoms with Crippen molar-refractivity contribution in [3.8, 4) is 11.1 Å². The second-order valence-electron chi connectivity index (χ2n) is 9.63. The maximum atomic E-state index is 14.0. The van der Waals surface area contributed by atoms with Gasteiger partial charge in [0.05, 0.1) is 12.1 Å². The predicted molar refractivity (Wildman–Crippen MR) is 148 cm³/mol. The van der Waals surface area contributed by atoms with Crippen LogP contribution in [-0.4, -0.2) is 51.5 Å². The van der Waals surface area contributed by atoms with Crippen molar-refractivity contribution in [3.63, 3.8) is 0 Å². The van der Waals surface area contributed by atoms with Gasteiger partial charge >= 0.3 is 6.03 Å². The molecule has 0 bridgehead atoms. The molecule has 2 N–H and O–H groups in total. The van der Waals surface area contributed by atoms with Crippen molar-refractivity contribution in [1.82, 2.24) is 19.0 Å². The molecule has 192 valence electrons. The van der Waals surface area contributed by atoms with Gasteiger partial charge in [0.15, 0.2) is 5.78 Å². The van der Waals surface area contributed by atoms with Crippen LogP contribution in [0, 0.1) is 5.82 Å². The van der Waals surface area contributed by atoms with E-state index in [4.69, 9.17) is 5.84 Å². The van der Waals surface area contributed by atoms with Crippen LogP contribution >= 0.6 is 11.8 Å². The van der Waals surface area contributed by atoms with Crippen LogP contribution in [0.4, 0.5) is 9.18 Å². The number of nitrogens with zero attached hydrogens (tertiary/aromatic N) is 4. The summed E-state index contributed by atoms with van der Waals surface area (Å²) in [6.45, 7) is 0.668. The number of thioether (sulfide) groups is 1. The fourth-order valence-corrected chi connectivity index (χ4v) is 6.36. The van der Waals surface area contributed by atoms with Crippen LogP contribution in [0.25, 0.3) is 22.0 Å². The zero-order valence-electron chi connectivity index (χ0n) is 21.0. The average Bonchev–Trinajstić information content (AvgIpc) is 3.61. The number of hydrogen-bond donors (Lipinski definition) is 1. The molecule has 2 aromatic carbocycles. The maximum Gasteiger partial charge on any atom is 0.328 e. The maximum absolute atomic E-state index is 14.0. The minimum Gasteiger partial charge on any atom is -0.333 e. The number of rotatable bonds is 4. The summed E-state index contributed by atoms with van der Waals surface area (Å²) in [5, 5.41) is 2.39. The smallest absolute Gasteiger partial charge is 0.328 e. The second kappa shape index (κ2) is 9.34. The molecule has 9 heteroatoms. The first kappa shape index (κ1) is 24.3. The Morgan fingerprint density at radius 2 is 1.82 bits per heavy atom. The number of hydrazine groups is 1. The molecule has 0 aliphatic carbocycles. The van der Waals surface area contributed by atoms with Crippen molar-refractivity contribution >= 4 is 34.5 Å². The highest BCUT2D eigenvalue weighted by Crippen LogP contribution is 2.44. The molecule has 0 fully saturated rings. The van der Waals surface area contributed by atoms with E-state index in [-0.39, 0.29) is 23.0 Å². The second-order valence-corrected chi connectivity index (χ2v) is 10.7. The van der Waals surface area contributed by atoms with Gasteiger partial charge in [0.2, 0.25) is 0 Å². The zero-order valence-corrected chi connectivity index (χ0v) is 21.8. The Hall–Kier alpha value is -4.08. The van der Waals surface area contributed by atoms with Gasteiger partial charge in [-0.15, -0.1) is 11.8 Å². The van der Waals surface area contributed by atoms with Gasteiger partial charge in [0, 0.05) is 66.2 Å². The van der Waals surface area contributed by atoms with Crippen LogP contribution < -0.4 is 5.84 Å². The Labute approximate surface area is 223 Å². The van der Waals surface area contributed by atoms with E-state index < -0.39 is 0 Å². The molecule has 0 saturated heterocycles. The van der Waals surface area contributed by atoms with Crippen LogP contribution in [0.2, 0.25) is 0 Å². The molecule has 0 saturated carbocycles. The van der Waals surface area contributed by atoms with E-state index in [0.29, 0.717) is 34.3 Å². The van der Waals surface area contributed by atoms with Crippen molar-refractivity contribution in [1.29, 1.82) is 0 Å². The minimum atomic E-state index is -0.314. The Balaban J connectivity index is 1.42. The number of hydrogen-bond acceptors (Lipinski definition) is 5. The van der Waals surface area contributed by atoms with E-state index in [1.54, 1.807) is 49.2 Å². The normalized spacial score (nSPS) is 16.6. The van der Waals surface area contributed by atoms with Crippen LogP contribution in [0.5, 0.6) is 0 Å². The van der Waals surface area contributed by atoms with Crippen molar-refractivity contribution in [2.45, 2.75) is 11.1 Å². The number of ketones is 1. The molecule has 38 heavy (non-hydrogen) atoms. The highest BCUT2D eigenvalue weighted by Gasteiger charge is 2.31. The van der Waals surface area contributed by atoms with Gasteiger partial charge < -0.3 is 14.5 Å². The van der Waals surface area contributed by atoms with Gasteiger partial charge in [-0.3, -0.25) is 9.36 Å². The standard InChI is InChI=1S/C29H26FN5O2S/c1-32(2)29(37)35-16-24(22-10-7-19(14-25(22)35)18-5-8-21(30)9-6-18)27(36)23-11-13-34-26(23)17-38-28(34)20-4-3-12-33(31)15-20/h3-11,13-16,28H,12,17,31H2,1-2H3. The molecule has 0 spiro atoms. The van der Waals surface area contributed by atoms with Crippen molar-refractivity contribution in [3.05, 3.63) is 107 Å². The number of allylic oxidation sites excluding steroid dienone is 1. The first-order valence-corrected chi connectivity index (χ1v) is 13.2. The highest BCUT2D eigenvalue weighted by atomic mass is 32.2. The third-order valence-corrected chi connectivity index (χ3v) is 8.20. The number of fused-ring (bicyclic) bond motifs is 2. The quantitative estimate of drug-likeness (QED) is 0.285. The summed E-state index contributed by atoms with van der Waals surface area (Å²) >= 11 is 1.75. The Bertz CT molecular complexity index is 1650. The molecule has 4 heterocycles. The van der Waals surface area contributed by atoms with E-state index in [1.807, 2.05) is 42.7 Å². The molecule has 2 aliphatic heterocycles. The molecule has 7 nitrogen and oxygen atoms in total. The summed E-state index contributed by atoms with van der Waals surface area (Å²) in [6.07, 6.45) is 9.63. The van der Waals surface area contributed by atoms with Gasteiger partial charge in [0.25, 0.3) is 0 Å². The van der Waals surface area contributed by atoms with E-state index in [2.05, 4.69) is 10.6 Å². The van der Waals surface area contributed by atoms with Gasteiger partial charge in [-0.25, -0.2) is 15.0 Å². The first-order chi connectivity index (χ1) is 18.3. The van der Waals surface area contributed by atoms with Gasteiger partial charge in [-0.1, -0.05) is 36.4 Å². The summed E-state index contributed by atoms with van der Waals surface area (Å²) in [5.74, 6) is 6.23. The highest BCUT2D eigenvalue weighted by molar-refractivity contribution is 7.99. The molecule has 0 radical (unpaired) electrons. The molecule has 1 unspecified atom stereocenters. The van der Waals surface area contributed by atoms with Crippen LogP contribution in [0.15, 0.2) is 84.8 Å². The Morgan fingerprint density at radius 3 is 2.55 bits per heavy atom. The lowest BCUT2D eigenvalue weighted by Gasteiger charge is -2.21. The van der Waals surface area contributed by atoms with E-state index in [0.717, 1.165) is 22.4 Å². The number of carbonyl (C=O) groups excluding carboxylic acids is 2. The number of nitrogens with two attached hydrogens (primary N) is 1. The molecular weight excluding hydrogens is 501 g/mol. The SMILES string of the molecule is CN(C)C(=O)n1cc(C(=O)c2ccn3c2CSC3C2=CN(N)CC=C2)c2ccc(-c3ccc(F)cc3)cc21. The van der Waals surface area contributed by atoms with Crippen LogP contribution in [0.3, 0.4) is 0 Å². The molecular formula is C29H26FN5O2S. The summed E-state index contributed by atoms with van der Waals surface area (Å²) in [6, 6.07) is 13.4. The number of carbonyl (C=O) groups is 2. The van der Waals surface area contributed by atoms with Gasteiger partial charge in [-0.05, 0) is 35.4 Å². The van der Waals surface area contributed by atoms with E-state index in [1.165, 1.54) is 21.6 Å². The summed E-state index contributed by atoms with van der Waals surface area (Å²) in [7, 11) is 3.35. The Morgan fingerprint density at radius 1 is 1.05 bits per heavy atom. The number of halogens is 1. The summed E-state index contributed by atoms with van der Waals surface area (Å²) in [4.78, 5) is 28.5. The third-order valence-electron chi connectivity index (χ3n) is 6.94. The number of aromatic nitrogens is 2. The fourth-order valence-electron chi connectivity index (χ4n) is 5.05. The topological polar surface area (TPSA) is 76.5 Å². The first-order valence-electron chi connectivity index (χ1n) is 12.2. The van der Waals surface area contributed by atoms with Crippen molar-refractivity contribution in [2.24, 2.45) is 5.84 Å². The minimum absolute atomic E-state index is 0.0454. The molecule has 1 amide bonds. The zero-order chi connectivity index (χ0) is 26.6. The molecule has 6 rings (SSSR count). The third kappa shape index (κ3) is 4.04. The molecule has 2 aliphatic rings. The lowest BCUT2D eigenvalue weighted by Crippen LogP contribution is -2.28. The van der Waals surface area contributed by atoms with Gasteiger partial charge in [0.1, 0.15) is 11.2 Å². The number of benzene rings is 2. The summed E-state index contributed by atoms with van der Waals surface area (Å²) in [5.41, 5.74) is 5.40. The lowest BCUT2D eigenvalue weighted by molar-refractivity contribution is 0.103. The molecule has 2 aromatic heterocycles. The van der Waals surface area contributed by atoms with Crippen molar-refractivity contribution in [2.75, 3.05) is 20.6 Å². The van der Waals surface area contributed by atoms with Crippen LogP contribution in [-0.2, 0) is 5.75 Å². The van der Waals surface area contributed by atoms with E-state index in [9.17, 15) is 14.0 Å². The Kier molecular flexibility index (Phi) is 5.97. The summed E-state index contributed by atoms with van der Waals surface area (Å²) < 4.78 is 17.1. The monoisotopic (exact) mass is 527 g/mol. The fraction of sp³-hybridized carbons (Fsp3) is 0.172. The van der Waals surface area contributed by atoms with E-state index >= 15 is 0 Å². The number of amides is 1.